The molecule has 0 fully saturated rings. The molecule has 0 saturated carbocycles. The smallest absolute Gasteiger partial charge is 0.326 e. The summed E-state index contributed by atoms with van der Waals surface area (Å²) in [5, 5.41) is 34.5. The lowest BCUT2D eigenvalue weighted by molar-refractivity contribution is -0.144. The molecule has 0 saturated heterocycles. The van der Waals surface area contributed by atoms with E-state index < -0.39 is 72.9 Å². The number of rotatable bonds is 14. The van der Waals surface area contributed by atoms with Gasteiger partial charge in [0.1, 0.15) is 24.2 Å². The van der Waals surface area contributed by atoms with E-state index in [-0.39, 0.29) is 6.42 Å². The predicted molar refractivity (Wildman–Crippen MR) is 107 cm³/mol. The normalized spacial score (nSPS) is 15.8. The number of aliphatic carboxylic acids is 1. The number of carboxylic acid groups (broad SMARTS) is 1. The van der Waals surface area contributed by atoms with Crippen LogP contribution in [0.1, 0.15) is 19.8 Å². The van der Waals surface area contributed by atoms with E-state index in [1.165, 1.54) is 18.7 Å². The molecular weight excluding hydrogens is 422 g/mol. The van der Waals surface area contributed by atoms with E-state index in [0.29, 0.717) is 5.75 Å². The van der Waals surface area contributed by atoms with Crippen LogP contribution in [-0.2, 0) is 24.0 Å². The molecule has 30 heavy (non-hydrogen) atoms. The molecule has 0 aliphatic rings. The molecule has 13 nitrogen and oxygen atoms in total. The van der Waals surface area contributed by atoms with Gasteiger partial charge in [0.15, 0.2) is 0 Å². The summed E-state index contributed by atoms with van der Waals surface area (Å²) in [6.07, 6.45) is -0.168. The first-order valence-electron chi connectivity index (χ1n) is 8.90. The summed E-state index contributed by atoms with van der Waals surface area (Å²) in [5.74, 6) is -4.71. The van der Waals surface area contributed by atoms with Crippen LogP contribution in [0, 0.1) is 0 Å². The molecule has 0 spiro atoms. The van der Waals surface area contributed by atoms with Gasteiger partial charge in [-0.1, -0.05) is 0 Å². The lowest BCUT2D eigenvalue weighted by atomic mass is 10.1. The highest BCUT2D eigenvalue weighted by Gasteiger charge is 2.32. The second-order valence-electron chi connectivity index (χ2n) is 6.43. The molecule has 5 unspecified atom stereocenters. The van der Waals surface area contributed by atoms with Gasteiger partial charge in [0.05, 0.1) is 19.1 Å². The van der Waals surface area contributed by atoms with Gasteiger partial charge in [-0.05, 0) is 25.4 Å². The summed E-state index contributed by atoms with van der Waals surface area (Å²) in [6, 6.07) is -5.61. The number of nitrogens with one attached hydrogen (secondary N) is 3. The average molecular weight is 452 g/mol. The molecule has 172 valence electrons. The second kappa shape index (κ2) is 13.7. The fraction of sp³-hybridized carbons (Fsp3) is 0.688. The summed E-state index contributed by atoms with van der Waals surface area (Å²) in [4.78, 5) is 59.1. The summed E-state index contributed by atoms with van der Waals surface area (Å²) in [7, 11) is 0. The molecule has 10 N–H and O–H groups in total. The minimum Gasteiger partial charge on any atom is -0.480 e. The van der Waals surface area contributed by atoms with Crippen LogP contribution in [0.3, 0.4) is 0 Å². The molecule has 4 amide bonds. The number of aliphatic hydroxyl groups excluding tert-OH is 2. The van der Waals surface area contributed by atoms with E-state index >= 15 is 0 Å². The minimum absolute atomic E-state index is 0.0955. The number of thioether (sulfide) groups is 1. The Kier molecular flexibility index (Phi) is 12.6. The predicted octanol–water partition coefficient (Wildman–Crippen LogP) is -4.15. The summed E-state index contributed by atoms with van der Waals surface area (Å²) in [6.45, 7) is 0.536. The molecule has 0 aromatic carbocycles. The number of carbonyl (C=O) groups is 5. The van der Waals surface area contributed by atoms with Gasteiger partial charge in [-0.2, -0.15) is 11.8 Å². The number of aliphatic hydroxyl groups is 2. The van der Waals surface area contributed by atoms with Crippen molar-refractivity contribution >= 4 is 41.4 Å². The molecular formula is C16H29N5O8S. The molecule has 0 aromatic rings. The zero-order chi connectivity index (χ0) is 23.4. The van der Waals surface area contributed by atoms with Crippen molar-refractivity contribution in [1.29, 1.82) is 0 Å². The number of carboxylic acids is 1. The van der Waals surface area contributed by atoms with E-state index in [1.807, 2.05) is 0 Å². The number of amides is 4. The topological polar surface area (TPSA) is 234 Å². The number of primary amides is 1. The van der Waals surface area contributed by atoms with Crippen molar-refractivity contribution in [1.82, 2.24) is 16.0 Å². The number of hydrogen-bond donors (Lipinski definition) is 8. The summed E-state index contributed by atoms with van der Waals surface area (Å²) < 4.78 is 0. The summed E-state index contributed by atoms with van der Waals surface area (Å²) in [5.41, 5.74) is 10.3. The van der Waals surface area contributed by atoms with E-state index in [1.54, 1.807) is 6.26 Å². The Bertz CT molecular complexity index is 633. The van der Waals surface area contributed by atoms with Gasteiger partial charge in [-0.25, -0.2) is 4.79 Å². The van der Waals surface area contributed by atoms with E-state index in [9.17, 15) is 29.1 Å². The highest BCUT2D eigenvalue weighted by atomic mass is 32.2. The van der Waals surface area contributed by atoms with Crippen LogP contribution in [0.15, 0.2) is 0 Å². The fourth-order valence-electron chi connectivity index (χ4n) is 2.19. The van der Waals surface area contributed by atoms with E-state index in [0.717, 1.165) is 0 Å². The molecule has 0 rings (SSSR count). The first kappa shape index (κ1) is 27.6. The van der Waals surface area contributed by atoms with Crippen molar-refractivity contribution in [3.8, 4) is 0 Å². The van der Waals surface area contributed by atoms with Crippen LogP contribution in [-0.4, -0.2) is 93.8 Å². The minimum atomic E-state index is -1.58. The Labute approximate surface area is 177 Å². The summed E-state index contributed by atoms with van der Waals surface area (Å²) >= 11 is 1.36. The molecule has 0 aliphatic carbocycles. The number of hydrogen-bond acceptors (Lipinski definition) is 9. The molecule has 5 atom stereocenters. The van der Waals surface area contributed by atoms with Gasteiger partial charge < -0.3 is 42.7 Å². The molecule has 0 radical (unpaired) electrons. The lowest BCUT2D eigenvalue weighted by Gasteiger charge is -2.26. The van der Waals surface area contributed by atoms with Gasteiger partial charge in [0.25, 0.3) is 0 Å². The maximum Gasteiger partial charge on any atom is 0.326 e. The highest BCUT2D eigenvalue weighted by molar-refractivity contribution is 7.98. The van der Waals surface area contributed by atoms with Crippen LogP contribution in [0.2, 0.25) is 0 Å². The van der Waals surface area contributed by atoms with Crippen LogP contribution in [0.25, 0.3) is 0 Å². The van der Waals surface area contributed by atoms with Crippen molar-refractivity contribution in [3.63, 3.8) is 0 Å². The Morgan fingerprint density at radius 3 is 2.00 bits per heavy atom. The average Bonchev–Trinajstić information content (AvgIpc) is 2.66. The van der Waals surface area contributed by atoms with Crippen LogP contribution >= 0.6 is 11.8 Å². The quantitative estimate of drug-likeness (QED) is 0.127. The van der Waals surface area contributed by atoms with Crippen molar-refractivity contribution < 1.29 is 39.3 Å². The van der Waals surface area contributed by atoms with Crippen molar-refractivity contribution in [2.24, 2.45) is 11.5 Å². The first-order valence-corrected chi connectivity index (χ1v) is 10.3. The third kappa shape index (κ3) is 9.87. The number of carbonyl (C=O) groups excluding carboxylic acids is 4. The highest BCUT2D eigenvalue weighted by Crippen LogP contribution is 2.05. The van der Waals surface area contributed by atoms with Crippen LogP contribution in [0.4, 0.5) is 0 Å². The Morgan fingerprint density at radius 2 is 1.57 bits per heavy atom. The Balaban J connectivity index is 5.37. The van der Waals surface area contributed by atoms with Crippen LogP contribution < -0.4 is 27.4 Å². The first-order chi connectivity index (χ1) is 13.9. The lowest BCUT2D eigenvalue weighted by Crippen LogP contribution is -2.60. The van der Waals surface area contributed by atoms with E-state index in [2.05, 4.69) is 16.0 Å². The zero-order valence-electron chi connectivity index (χ0n) is 16.7. The second-order valence-corrected chi connectivity index (χ2v) is 7.41. The van der Waals surface area contributed by atoms with Crippen molar-refractivity contribution in [3.05, 3.63) is 0 Å². The number of nitrogens with two attached hydrogens (primary N) is 2. The van der Waals surface area contributed by atoms with Gasteiger partial charge >= 0.3 is 5.97 Å². The van der Waals surface area contributed by atoms with Crippen molar-refractivity contribution in [2.75, 3.05) is 18.6 Å². The van der Waals surface area contributed by atoms with Gasteiger partial charge in [0.2, 0.25) is 23.6 Å². The Morgan fingerprint density at radius 1 is 1.00 bits per heavy atom. The Hall–Kier alpha value is -2.42. The van der Waals surface area contributed by atoms with E-state index in [4.69, 9.17) is 21.7 Å². The standard InChI is InChI=1S/C16H29N5O8S/c1-7(23)12(21-13(25)8(17)6-22)15(27)19-9(3-4-30-2)14(26)20-10(16(28)29)5-11(18)24/h7-10,12,22-23H,3-6,17H2,1-2H3,(H2,18,24)(H,19,27)(H,20,26)(H,21,25)(H,28,29). The molecule has 14 heteroatoms. The third-order valence-electron chi connectivity index (χ3n) is 3.86. The molecule has 0 heterocycles. The largest absolute Gasteiger partial charge is 0.480 e. The zero-order valence-corrected chi connectivity index (χ0v) is 17.5. The van der Waals surface area contributed by atoms with Crippen molar-refractivity contribution in [2.45, 2.75) is 50.0 Å². The SMILES string of the molecule is CSCCC(NC(=O)C(NC(=O)C(N)CO)C(C)O)C(=O)NC(CC(N)=O)C(=O)O. The van der Waals surface area contributed by atoms with Crippen LogP contribution in [0.5, 0.6) is 0 Å². The maximum absolute atomic E-state index is 12.5. The monoisotopic (exact) mass is 451 g/mol. The fourth-order valence-corrected chi connectivity index (χ4v) is 2.66. The van der Waals surface area contributed by atoms with Gasteiger partial charge in [-0.15, -0.1) is 0 Å². The maximum atomic E-state index is 12.5. The van der Waals surface area contributed by atoms with Gasteiger partial charge in [-0.3, -0.25) is 19.2 Å². The molecule has 0 aromatic heterocycles. The molecule has 0 aliphatic heterocycles. The van der Waals surface area contributed by atoms with Gasteiger partial charge in [0, 0.05) is 0 Å². The third-order valence-corrected chi connectivity index (χ3v) is 4.50. The molecule has 0 bridgehead atoms.